The molecule has 7 nitrogen and oxygen atoms in total. The van der Waals surface area contributed by atoms with Gasteiger partial charge in [-0.2, -0.15) is 0 Å². The van der Waals surface area contributed by atoms with Crippen molar-refractivity contribution in [3.8, 4) is 0 Å². The monoisotopic (exact) mass is 526 g/mol. The summed E-state index contributed by atoms with van der Waals surface area (Å²) in [5, 5.41) is 3.03. The predicted octanol–water partition coefficient (Wildman–Crippen LogP) is 5.27. The molecule has 172 valence electrons. The predicted molar refractivity (Wildman–Crippen MR) is 129 cm³/mol. The number of ether oxygens (including phenoxy) is 1. The Labute approximate surface area is 205 Å². The van der Waals surface area contributed by atoms with E-state index in [4.69, 9.17) is 34.8 Å². The summed E-state index contributed by atoms with van der Waals surface area (Å²) in [6.45, 7) is -0.618. The quantitative estimate of drug-likeness (QED) is 0.423. The van der Waals surface area contributed by atoms with E-state index >= 15 is 0 Å². The lowest BCUT2D eigenvalue weighted by molar-refractivity contribution is -0.114. The van der Waals surface area contributed by atoms with Gasteiger partial charge in [0.25, 0.3) is 10.0 Å². The number of benzene rings is 3. The third-order valence-electron chi connectivity index (χ3n) is 4.45. The molecule has 0 saturated carbocycles. The molecule has 0 aliphatic carbocycles. The zero-order valence-electron chi connectivity index (χ0n) is 17.1. The number of nitrogens with zero attached hydrogens (tertiary/aromatic N) is 1. The van der Waals surface area contributed by atoms with Gasteiger partial charge in [0.2, 0.25) is 5.91 Å². The van der Waals surface area contributed by atoms with Crippen molar-refractivity contribution in [3.63, 3.8) is 0 Å². The zero-order chi connectivity index (χ0) is 24.2. The van der Waals surface area contributed by atoms with Gasteiger partial charge in [0.1, 0.15) is 6.54 Å². The highest BCUT2D eigenvalue weighted by atomic mass is 35.5. The van der Waals surface area contributed by atoms with E-state index in [1.165, 1.54) is 55.6 Å². The van der Waals surface area contributed by atoms with Crippen molar-refractivity contribution in [2.75, 3.05) is 23.3 Å². The van der Waals surface area contributed by atoms with Crippen molar-refractivity contribution in [1.82, 2.24) is 0 Å². The summed E-state index contributed by atoms with van der Waals surface area (Å²) >= 11 is 18.3. The molecule has 0 bridgehead atoms. The highest BCUT2D eigenvalue weighted by molar-refractivity contribution is 7.92. The first kappa shape index (κ1) is 24.9. The van der Waals surface area contributed by atoms with Gasteiger partial charge in [0.15, 0.2) is 0 Å². The lowest BCUT2D eigenvalue weighted by Gasteiger charge is -2.25. The number of halogens is 3. The number of carbonyl (C=O) groups excluding carboxylic acids is 2. The van der Waals surface area contributed by atoms with E-state index in [-0.39, 0.29) is 36.9 Å². The van der Waals surface area contributed by atoms with Crippen molar-refractivity contribution >= 4 is 68.1 Å². The van der Waals surface area contributed by atoms with Gasteiger partial charge in [-0.1, -0.05) is 53.0 Å². The molecule has 0 fully saturated rings. The molecule has 0 unspecified atom stereocenters. The third-order valence-corrected chi connectivity index (χ3v) is 7.11. The van der Waals surface area contributed by atoms with Crippen molar-refractivity contribution < 1.29 is 22.7 Å². The molecule has 33 heavy (non-hydrogen) atoms. The lowest BCUT2D eigenvalue weighted by Crippen LogP contribution is -2.38. The first-order valence-corrected chi connectivity index (χ1v) is 11.9. The number of methoxy groups -OCH3 is 1. The average Bonchev–Trinajstić information content (AvgIpc) is 2.80. The van der Waals surface area contributed by atoms with E-state index in [1.807, 2.05) is 0 Å². The number of nitrogens with one attached hydrogen (secondary N) is 1. The van der Waals surface area contributed by atoms with Crippen LogP contribution in [0.4, 0.5) is 11.4 Å². The van der Waals surface area contributed by atoms with E-state index in [0.717, 1.165) is 4.31 Å². The van der Waals surface area contributed by atoms with E-state index in [2.05, 4.69) is 10.1 Å². The molecule has 1 N–H and O–H groups in total. The minimum absolute atomic E-state index is 0.0340. The molecular weight excluding hydrogens is 511 g/mol. The number of hydrogen-bond donors (Lipinski definition) is 1. The number of sulfonamides is 1. The summed E-state index contributed by atoms with van der Waals surface area (Å²) in [6, 6.07) is 16.1. The summed E-state index contributed by atoms with van der Waals surface area (Å²) in [6.07, 6.45) is 0. The Hall–Kier alpha value is -2.78. The van der Waals surface area contributed by atoms with Crippen LogP contribution in [-0.2, 0) is 19.6 Å². The van der Waals surface area contributed by atoms with Crippen LogP contribution in [0.25, 0.3) is 0 Å². The van der Waals surface area contributed by atoms with Crippen LogP contribution >= 0.6 is 34.8 Å². The molecule has 0 spiro atoms. The Morgan fingerprint density at radius 1 is 0.939 bits per heavy atom. The summed E-state index contributed by atoms with van der Waals surface area (Å²) in [5.74, 6) is -1.38. The largest absolute Gasteiger partial charge is 0.465 e. The molecule has 3 rings (SSSR count). The Bertz CT molecular complexity index is 1300. The number of esters is 1. The van der Waals surface area contributed by atoms with Gasteiger partial charge >= 0.3 is 5.97 Å². The fraction of sp³-hybridized carbons (Fsp3) is 0.0909. The van der Waals surface area contributed by atoms with E-state index in [9.17, 15) is 18.0 Å². The highest BCUT2D eigenvalue weighted by Gasteiger charge is 2.29. The SMILES string of the molecule is COC(=O)c1cc(NC(=O)CN(c2cc(Cl)ccc2Cl)S(=O)(=O)c2ccccc2)ccc1Cl. The summed E-state index contributed by atoms with van der Waals surface area (Å²) < 4.78 is 32.3. The molecule has 0 radical (unpaired) electrons. The summed E-state index contributed by atoms with van der Waals surface area (Å²) in [4.78, 5) is 24.7. The van der Waals surface area contributed by atoms with Crippen LogP contribution < -0.4 is 9.62 Å². The maximum absolute atomic E-state index is 13.4. The number of carbonyl (C=O) groups is 2. The number of amides is 1. The Kier molecular flexibility index (Phi) is 7.86. The fourth-order valence-corrected chi connectivity index (χ4v) is 4.98. The molecule has 0 saturated heterocycles. The molecule has 0 heterocycles. The molecule has 3 aromatic rings. The number of anilines is 2. The molecule has 0 atom stereocenters. The molecule has 0 aromatic heterocycles. The van der Waals surface area contributed by atoms with Crippen LogP contribution in [0.15, 0.2) is 71.6 Å². The minimum Gasteiger partial charge on any atom is -0.465 e. The molecule has 3 aromatic carbocycles. The van der Waals surface area contributed by atoms with Crippen molar-refractivity contribution in [2.24, 2.45) is 0 Å². The summed E-state index contributed by atoms with van der Waals surface area (Å²) in [5.41, 5.74) is 0.303. The first-order valence-electron chi connectivity index (χ1n) is 9.34. The second-order valence-corrected chi connectivity index (χ2v) is 9.77. The van der Waals surface area contributed by atoms with E-state index in [0.29, 0.717) is 0 Å². The van der Waals surface area contributed by atoms with Crippen LogP contribution in [0.3, 0.4) is 0 Å². The molecule has 0 aliphatic heterocycles. The fourth-order valence-electron chi connectivity index (χ4n) is 2.90. The standard InChI is InChI=1S/C22H17Cl3N2O5S/c1-32-22(29)17-12-15(8-10-18(17)24)26-21(28)13-27(20-11-14(23)7-9-19(20)25)33(30,31)16-5-3-2-4-6-16/h2-12H,13H2,1H3,(H,26,28). The molecule has 11 heteroatoms. The van der Waals surface area contributed by atoms with Crippen LogP contribution in [-0.4, -0.2) is 33.9 Å². The molecule has 0 aliphatic rings. The maximum Gasteiger partial charge on any atom is 0.339 e. The topological polar surface area (TPSA) is 92.8 Å². The molecule has 1 amide bonds. The lowest BCUT2D eigenvalue weighted by atomic mass is 10.2. The zero-order valence-corrected chi connectivity index (χ0v) is 20.2. The second kappa shape index (κ2) is 10.4. The average molecular weight is 528 g/mol. The third kappa shape index (κ3) is 5.78. The number of hydrogen-bond acceptors (Lipinski definition) is 5. The van der Waals surface area contributed by atoms with E-state index < -0.39 is 28.4 Å². The van der Waals surface area contributed by atoms with Gasteiger partial charge in [-0.3, -0.25) is 9.10 Å². The molecular formula is C22H17Cl3N2O5S. The van der Waals surface area contributed by atoms with Gasteiger partial charge in [-0.25, -0.2) is 13.2 Å². The minimum atomic E-state index is -4.18. The van der Waals surface area contributed by atoms with Crippen LogP contribution in [0.5, 0.6) is 0 Å². The van der Waals surface area contributed by atoms with E-state index in [1.54, 1.807) is 18.2 Å². The van der Waals surface area contributed by atoms with Gasteiger partial charge in [-0.15, -0.1) is 0 Å². The van der Waals surface area contributed by atoms with Gasteiger partial charge < -0.3 is 10.1 Å². The van der Waals surface area contributed by atoms with Crippen molar-refractivity contribution in [1.29, 1.82) is 0 Å². The Morgan fingerprint density at radius 2 is 1.61 bits per heavy atom. The van der Waals surface area contributed by atoms with Crippen LogP contribution in [0, 0.1) is 0 Å². The summed E-state index contributed by atoms with van der Waals surface area (Å²) in [7, 11) is -2.98. The van der Waals surface area contributed by atoms with Crippen molar-refractivity contribution in [3.05, 3.63) is 87.4 Å². The Morgan fingerprint density at radius 3 is 2.27 bits per heavy atom. The van der Waals surface area contributed by atoms with Gasteiger partial charge in [-0.05, 0) is 48.5 Å². The maximum atomic E-state index is 13.4. The van der Waals surface area contributed by atoms with Crippen LogP contribution in [0.2, 0.25) is 15.1 Å². The number of rotatable bonds is 7. The van der Waals surface area contributed by atoms with Gasteiger partial charge in [0.05, 0.1) is 33.3 Å². The smallest absolute Gasteiger partial charge is 0.339 e. The second-order valence-electron chi connectivity index (χ2n) is 6.65. The highest BCUT2D eigenvalue weighted by Crippen LogP contribution is 2.33. The van der Waals surface area contributed by atoms with Gasteiger partial charge in [0, 0.05) is 10.7 Å². The first-order chi connectivity index (χ1) is 15.6. The Balaban J connectivity index is 1.97. The van der Waals surface area contributed by atoms with Crippen LogP contribution in [0.1, 0.15) is 10.4 Å². The normalized spacial score (nSPS) is 11.0. The van der Waals surface area contributed by atoms with Crippen molar-refractivity contribution in [2.45, 2.75) is 4.90 Å².